The molecule has 0 saturated carbocycles. The van der Waals surface area contributed by atoms with Crippen molar-refractivity contribution in [1.82, 2.24) is 4.57 Å². The number of fused-ring (bicyclic) bond motifs is 1. The Hall–Kier alpha value is -2.84. The number of benzene rings is 2. The highest BCUT2D eigenvalue weighted by atomic mass is 32.1. The van der Waals surface area contributed by atoms with Crippen molar-refractivity contribution in [2.75, 3.05) is 19.0 Å². The molecule has 1 amide bonds. The first-order valence-electron chi connectivity index (χ1n) is 7.89. The standard InChI is InChI=1S/C20H19N3OS/c1-5-12-23-17-11-6-14(2)13-18(17)25-20(23)21-19(24)15-7-9-16(10-8-15)22(3)4/h1,6-11,13H,12H2,2-4H3. The van der Waals surface area contributed by atoms with Crippen molar-refractivity contribution >= 4 is 33.1 Å². The molecule has 1 heterocycles. The zero-order valence-corrected chi connectivity index (χ0v) is 15.3. The molecular weight excluding hydrogens is 330 g/mol. The van der Waals surface area contributed by atoms with Gasteiger partial charge in [-0.3, -0.25) is 4.79 Å². The molecule has 126 valence electrons. The van der Waals surface area contributed by atoms with Crippen LogP contribution in [-0.2, 0) is 6.54 Å². The van der Waals surface area contributed by atoms with E-state index in [9.17, 15) is 4.79 Å². The Morgan fingerprint density at radius 3 is 2.60 bits per heavy atom. The number of hydrogen-bond donors (Lipinski definition) is 0. The minimum atomic E-state index is -0.264. The summed E-state index contributed by atoms with van der Waals surface area (Å²) in [6.07, 6.45) is 5.50. The number of amides is 1. The second kappa shape index (κ2) is 6.96. The maximum Gasteiger partial charge on any atom is 0.279 e. The van der Waals surface area contributed by atoms with Crippen LogP contribution in [-0.4, -0.2) is 24.6 Å². The number of thiazole rings is 1. The Labute approximate surface area is 151 Å². The number of nitrogens with zero attached hydrogens (tertiary/aromatic N) is 3. The summed E-state index contributed by atoms with van der Waals surface area (Å²) in [5.41, 5.74) is 3.77. The summed E-state index contributed by atoms with van der Waals surface area (Å²) in [7, 11) is 3.92. The van der Waals surface area contributed by atoms with Crippen molar-refractivity contribution in [2.45, 2.75) is 13.5 Å². The predicted molar refractivity (Wildman–Crippen MR) is 104 cm³/mol. The quantitative estimate of drug-likeness (QED) is 0.679. The van der Waals surface area contributed by atoms with Gasteiger partial charge in [-0.1, -0.05) is 23.3 Å². The van der Waals surface area contributed by atoms with Crippen LogP contribution in [0.15, 0.2) is 47.5 Å². The molecule has 0 N–H and O–H groups in total. The number of carbonyl (C=O) groups is 1. The lowest BCUT2D eigenvalue weighted by Crippen LogP contribution is -2.16. The molecule has 1 aromatic heterocycles. The average molecular weight is 349 g/mol. The molecule has 5 heteroatoms. The van der Waals surface area contributed by atoms with Gasteiger partial charge in [0.25, 0.3) is 5.91 Å². The lowest BCUT2D eigenvalue weighted by molar-refractivity contribution is 0.0998. The Bertz CT molecular complexity index is 1030. The molecule has 0 fully saturated rings. The van der Waals surface area contributed by atoms with E-state index in [1.165, 1.54) is 16.9 Å². The van der Waals surface area contributed by atoms with Gasteiger partial charge in [0.15, 0.2) is 4.80 Å². The molecule has 0 bridgehead atoms. The molecule has 0 aliphatic rings. The van der Waals surface area contributed by atoms with E-state index in [1.54, 1.807) is 12.1 Å². The van der Waals surface area contributed by atoms with Crippen molar-refractivity contribution in [3.8, 4) is 12.3 Å². The van der Waals surface area contributed by atoms with Gasteiger partial charge >= 0.3 is 0 Å². The second-order valence-corrected chi connectivity index (χ2v) is 7.01. The van der Waals surface area contributed by atoms with Gasteiger partial charge in [-0.05, 0) is 48.9 Å². The lowest BCUT2D eigenvalue weighted by atomic mass is 10.2. The first kappa shape index (κ1) is 17.0. The highest BCUT2D eigenvalue weighted by Gasteiger charge is 2.09. The van der Waals surface area contributed by atoms with Crippen molar-refractivity contribution in [1.29, 1.82) is 0 Å². The van der Waals surface area contributed by atoms with Gasteiger partial charge in [-0.15, -0.1) is 6.42 Å². The number of carbonyl (C=O) groups excluding carboxylic acids is 1. The summed E-state index contributed by atoms with van der Waals surface area (Å²) in [5, 5.41) is 0. The fourth-order valence-electron chi connectivity index (χ4n) is 2.56. The molecule has 4 nitrogen and oxygen atoms in total. The Morgan fingerprint density at radius 1 is 1.24 bits per heavy atom. The predicted octanol–water partition coefficient (Wildman–Crippen LogP) is 3.45. The van der Waals surface area contributed by atoms with Crippen LogP contribution in [0.4, 0.5) is 5.69 Å². The summed E-state index contributed by atoms with van der Waals surface area (Å²) >= 11 is 1.48. The van der Waals surface area contributed by atoms with Gasteiger partial charge in [-0.25, -0.2) is 0 Å². The van der Waals surface area contributed by atoms with Crippen molar-refractivity contribution in [2.24, 2.45) is 4.99 Å². The molecular formula is C20H19N3OS. The van der Waals surface area contributed by atoms with Gasteiger partial charge in [-0.2, -0.15) is 4.99 Å². The molecule has 2 aromatic carbocycles. The smallest absolute Gasteiger partial charge is 0.279 e. The molecule has 3 rings (SSSR count). The minimum Gasteiger partial charge on any atom is -0.378 e. The molecule has 0 radical (unpaired) electrons. The van der Waals surface area contributed by atoms with E-state index in [0.717, 1.165) is 15.9 Å². The number of aromatic nitrogens is 1. The maximum absolute atomic E-state index is 12.6. The van der Waals surface area contributed by atoms with Gasteiger partial charge in [0, 0.05) is 25.3 Å². The van der Waals surface area contributed by atoms with Crippen molar-refractivity contribution < 1.29 is 4.79 Å². The number of anilines is 1. The van der Waals surface area contributed by atoms with E-state index in [0.29, 0.717) is 16.9 Å². The van der Waals surface area contributed by atoms with Crippen molar-refractivity contribution in [3.05, 3.63) is 58.4 Å². The lowest BCUT2D eigenvalue weighted by Gasteiger charge is -2.11. The van der Waals surface area contributed by atoms with Crippen LogP contribution in [0, 0.1) is 19.3 Å². The number of hydrogen-bond acceptors (Lipinski definition) is 3. The maximum atomic E-state index is 12.6. The molecule has 0 saturated heterocycles. The monoisotopic (exact) mass is 349 g/mol. The third-order valence-corrected chi connectivity index (χ3v) is 4.96. The van der Waals surface area contributed by atoms with Gasteiger partial charge in [0.05, 0.1) is 16.8 Å². The Balaban J connectivity index is 2.06. The van der Waals surface area contributed by atoms with Crippen LogP contribution in [0.2, 0.25) is 0 Å². The first-order valence-corrected chi connectivity index (χ1v) is 8.71. The summed E-state index contributed by atoms with van der Waals surface area (Å²) in [5.74, 6) is 2.38. The Morgan fingerprint density at radius 2 is 1.96 bits per heavy atom. The molecule has 3 aromatic rings. The van der Waals surface area contributed by atoms with Crippen LogP contribution in [0.25, 0.3) is 10.2 Å². The van der Waals surface area contributed by atoms with Crippen LogP contribution >= 0.6 is 11.3 Å². The first-order chi connectivity index (χ1) is 12.0. The summed E-state index contributed by atoms with van der Waals surface area (Å²) in [6, 6.07) is 13.6. The molecule has 0 aliphatic heterocycles. The SMILES string of the molecule is C#CCn1c(=NC(=O)c2ccc(N(C)C)cc2)sc2cc(C)ccc21. The van der Waals surface area contributed by atoms with E-state index < -0.39 is 0 Å². The molecule has 0 atom stereocenters. The van der Waals surface area contributed by atoms with Crippen LogP contribution in [0.1, 0.15) is 15.9 Å². The van der Waals surface area contributed by atoms with E-state index in [1.807, 2.05) is 54.8 Å². The van der Waals surface area contributed by atoms with Crippen molar-refractivity contribution in [3.63, 3.8) is 0 Å². The van der Waals surface area contributed by atoms with Crippen LogP contribution < -0.4 is 9.70 Å². The fourth-order valence-corrected chi connectivity index (χ4v) is 3.69. The molecule has 0 aliphatic carbocycles. The zero-order valence-electron chi connectivity index (χ0n) is 14.5. The van der Waals surface area contributed by atoms with Gasteiger partial charge in [0.1, 0.15) is 0 Å². The highest BCUT2D eigenvalue weighted by Crippen LogP contribution is 2.19. The highest BCUT2D eigenvalue weighted by molar-refractivity contribution is 7.16. The van der Waals surface area contributed by atoms with E-state index in [2.05, 4.69) is 17.0 Å². The summed E-state index contributed by atoms with van der Waals surface area (Å²) < 4.78 is 2.98. The van der Waals surface area contributed by atoms with E-state index in [4.69, 9.17) is 6.42 Å². The van der Waals surface area contributed by atoms with E-state index >= 15 is 0 Å². The second-order valence-electron chi connectivity index (χ2n) is 6.00. The number of rotatable bonds is 3. The number of aryl methyl sites for hydroxylation is 1. The zero-order chi connectivity index (χ0) is 18.0. The van der Waals surface area contributed by atoms with Crippen LogP contribution in [0.5, 0.6) is 0 Å². The molecule has 0 unspecified atom stereocenters. The number of terminal acetylenes is 1. The molecule has 25 heavy (non-hydrogen) atoms. The topological polar surface area (TPSA) is 37.6 Å². The van der Waals surface area contributed by atoms with Gasteiger partial charge in [0.2, 0.25) is 0 Å². The van der Waals surface area contributed by atoms with Crippen LogP contribution in [0.3, 0.4) is 0 Å². The third-order valence-electron chi connectivity index (χ3n) is 3.92. The fraction of sp³-hybridized carbons (Fsp3) is 0.200. The third kappa shape index (κ3) is 3.49. The Kier molecular flexibility index (Phi) is 4.73. The average Bonchev–Trinajstić information content (AvgIpc) is 2.91. The van der Waals surface area contributed by atoms with E-state index in [-0.39, 0.29) is 5.91 Å². The largest absolute Gasteiger partial charge is 0.378 e. The summed E-state index contributed by atoms with van der Waals surface area (Å²) in [4.78, 5) is 19.5. The van der Waals surface area contributed by atoms with Gasteiger partial charge < -0.3 is 9.47 Å². The molecule has 0 spiro atoms. The minimum absolute atomic E-state index is 0.264. The summed E-state index contributed by atoms with van der Waals surface area (Å²) in [6.45, 7) is 2.42. The normalized spacial score (nSPS) is 11.5.